The maximum Gasteiger partial charge on any atom is 0.106 e. The second-order valence-corrected chi connectivity index (χ2v) is 5.42. The quantitative estimate of drug-likeness (QED) is 0.871. The van der Waals surface area contributed by atoms with Crippen molar-refractivity contribution in [1.29, 1.82) is 0 Å². The molecule has 3 nitrogen and oxygen atoms in total. The summed E-state index contributed by atoms with van der Waals surface area (Å²) in [6.45, 7) is 7.50. The maximum atomic E-state index is 6.27. The van der Waals surface area contributed by atoms with Crippen LogP contribution < -0.4 is 5.73 Å². The van der Waals surface area contributed by atoms with Crippen LogP contribution in [0.2, 0.25) is 0 Å². The lowest BCUT2D eigenvalue weighted by atomic mass is 9.98. The average molecular weight is 235 g/mol. The number of fused-ring (bicyclic) bond motifs is 1. The van der Waals surface area contributed by atoms with E-state index in [1.807, 2.05) is 0 Å². The fourth-order valence-electron chi connectivity index (χ4n) is 2.67. The lowest BCUT2D eigenvalue weighted by Crippen LogP contribution is -2.33. The van der Waals surface area contributed by atoms with Crippen molar-refractivity contribution in [2.45, 2.75) is 65.5 Å². The molecule has 1 aliphatic rings. The SMILES string of the molecule is CCC(C)C(N)Cn1c(C)nc2c1CCCC2. The van der Waals surface area contributed by atoms with Crippen LogP contribution in [0.25, 0.3) is 0 Å². The van der Waals surface area contributed by atoms with Crippen LogP contribution in [0, 0.1) is 12.8 Å². The predicted molar refractivity (Wildman–Crippen MR) is 71.0 cm³/mol. The first-order chi connectivity index (χ1) is 8.13. The van der Waals surface area contributed by atoms with Gasteiger partial charge in [0.1, 0.15) is 5.82 Å². The van der Waals surface area contributed by atoms with E-state index in [0.717, 1.165) is 25.2 Å². The molecule has 0 saturated carbocycles. The summed E-state index contributed by atoms with van der Waals surface area (Å²) in [6.07, 6.45) is 6.08. The normalized spacial score (nSPS) is 18.8. The molecule has 1 heterocycles. The van der Waals surface area contributed by atoms with Crippen LogP contribution in [-0.4, -0.2) is 15.6 Å². The Morgan fingerprint density at radius 2 is 2.06 bits per heavy atom. The van der Waals surface area contributed by atoms with E-state index in [1.54, 1.807) is 0 Å². The highest BCUT2D eigenvalue weighted by atomic mass is 15.1. The number of aryl methyl sites for hydroxylation is 2. The lowest BCUT2D eigenvalue weighted by molar-refractivity contribution is 0.387. The van der Waals surface area contributed by atoms with E-state index in [1.165, 1.54) is 30.7 Å². The number of nitrogens with two attached hydrogens (primary N) is 1. The van der Waals surface area contributed by atoms with Gasteiger partial charge in [0, 0.05) is 18.3 Å². The van der Waals surface area contributed by atoms with Crippen molar-refractivity contribution in [3.8, 4) is 0 Å². The van der Waals surface area contributed by atoms with Crippen LogP contribution in [0.3, 0.4) is 0 Å². The van der Waals surface area contributed by atoms with Gasteiger partial charge in [0.25, 0.3) is 0 Å². The summed E-state index contributed by atoms with van der Waals surface area (Å²) in [4.78, 5) is 4.70. The van der Waals surface area contributed by atoms with E-state index in [0.29, 0.717) is 5.92 Å². The molecule has 2 unspecified atom stereocenters. The summed E-state index contributed by atoms with van der Waals surface area (Å²) in [5.74, 6) is 1.73. The first kappa shape index (κ1) is 12.6. The van der Waals surface area contributed by atoms with Crippen molar-refractivity contribution in [1.82, 2.24) is 9.55 Å². The van der Waals surface area contributed by atoms with Crippen molar-refractivity contribution in [3.63, 3.8) is 0 Å². The molecule has 17 heavy (non-hydrogen) atoms. The summed E-state index contributed by atoms with van der Waals surface area (Å²) in [6, 6.07) is 0.249. The van der Waals surface area contributed by atoms with Gasteiger partial charge in [0.15, 0.2) is 0 Å². The Balaban J connectivity index is 2.18. The van der Waals surface area contributed by atoms with Gasteiger partial charge in [-0.3, -0.25) is 0 Å². The molecule has 0 radical (unpaired) electrons. The van der Waals surface area contributed by atoms with Crippen molar-refractivity contribution in [2.24, 2.45) is 11.7 Å². The standard InChI is InChI=1S/C14H25N3/c1-4-10(2)12(15)9-17-11(3)16-13-7-5-6-8-14(13)17/h10,12H,4-9,15H2,1-3H3. The molecule has 96 valence electrons. The zero-order valence-electron chi connectivity index (χ0n) is 11.4. The topological polar surface area (TPSA) is 43.8 Å². The number of hydrogen-bond acceptors (Lipinski definition) is 2. The second-order valence-electron chi connectivity index (χ2n) is 5.42. The van der Waals surface area contributed by atoms with Crippen LogP contribution in [0.15, 0.2) is 0 Å². The van der Waals surface area contributed by atoms with E-state index in [4.69, 9.17) is 10.7 Å². The molecule has 0 bridgehead atoms. The molecule has 3 heteroatoms. The summed E-state index contributed by atoms with van der Waals surface area (Å²) in [5, 5.41) is 0. The van der Waals surface area contributed by atoms with E-state index in [2.05, 4.69) is 25.3 Å². The Bertz CT molecular complexity index is 381. The van der Waals surface area contributed by atoms with Gasteiger partial charge in [-0.25, -0.2) is 4.98 Å². The number of hydrogen-bond donors (Lipinski definition) is 1. The third-order valence-corrected chi connectivity index (χ3v) is 4.19. The molecule has 0 fully saturated rings. The Hall–Kier alpha value is -0.830. The van der Waals surface area contributed by atoms with Crippen LogP contribution in [0.4, 0.5) is 0 Å². The molecule has 1 aromatic rings. The molecule has 0 spiro atoms. The van der Waals surface area contributed by atoms with Crippen molar-refractivity contribution >= 4 is 0 Å². The van der Waals surface area contributed by atoms with Crippen molar-refractivity contribution < 1.29 is 0 Å². The highest BCUT2D eigenvalue weighted by Gasteiger charge is 2.20. The second kappa shape index (κ2) is 5.21. The minimum Gasteiger partial charge on any atom is -0.330 e. The first-order valence-corrected chi connectivity index (χ1v) is 6.94. The van der Waals surface area contributed by atoms with Gasteiger partial charge in [-0.1, -0.05) is 20.3 Å². The minimum absolute atomic E-state index is 0.249. The van der Waals surface area contributed by atoms with Gasteiger partial charge < -0.3 is 10.3 Å². The first-order valence-electron chi connectivity index (χ1n) is 6.94. The molecule has 2 N–H and O–H groups in total. The largest absolute Gasteiger partial charge is 0.330 e. The lowest BCUT2D eigenvalue weighted by Gasteiger charge is -2.22. The molecule has 0 saturated heterocycles. The summed E-state index contributed by atoms with van der Waals surface area (Å²) >= 11 is 0. The molecule has 1 aromatic heterocycles. The zero-order chi connectivity index (χ0) is 12.4. The van der Waals surface area contributed by atoms with Crippen LogP contribution in [0.5, 0.6) is 0 Å². The molecule has 2 atom stereocenters. The molecule has 0 aromatic carbocycles. The number of aromatic nitrogens is 2. The molecule has 0 aliphatic heterocycles. The van der Waals surface area contributed by atoms with Gasteiger partial charge >= 0.3 is 0 Å². The fraction of sp³-hybridized carbons (Fsp3) is 0.786. The predicted octanol–water partition coefficient (Wildman–Crippen LogP) is 2.44. The number of imidazole rings is 1. The molecular formula is C14H25N3. The Labute approximate surface area is 104 Å². The van der Waals surface area contributed by atoms with Crippen LogP contribution in [-0.2, 0) is 19.4 Å². The molecule has 0 amide bonds. The molecule has 2 rings (SSSR count). The van der Waals surface area contributed by atoms with Crippen LogP contribution >= 0.6 is 0 Å². The highest BCUT2D eigenvalue weighted by Crippen LogP contribution is 2.23. The summed E-state index contributed by atoms with van der Waals surface area (Å²) in [7, 11) is 0. The van der Waals surface area contributed by atoms with Gasteiger partial charge in [-0.05, 0) is 38.5 Å². The Morgan fingerprint density at radius 1 is 1.35 bits per heavy atom. The van der Waals surface area contributed by atoms with E-state index >= 15 is 0 Å². The van der Waals surface area contributed by atoms with Gasteiger partial charge in [-0.2, -0.15) is 0 Å². The van der Waals surface area contributed by atoms with E-state index in [9.17, 15) is 0 Å². The van der Waals surface area contributed by atoms with E-state index < -0.39 is 0 Å². The highest BCUT2D eigenvalue weighted by molar-refractivity contribution is 5.20. The maximum absolute atomic E-state index is 6.27. The Morgan fingerprint density at radius 3 is 2.76 bits per heavy atom. The molecular weight excluding hydrogens is 210 g/mol. The Kier molecular flexibility index (Phi) is 3.87. The zero-order valence-corrected chi connectivity index (χ0v) is 11.4. The molecule has 1 aliphatic carbocycles. The van der Waals surface area contributed by atoms with Crippen molar-refractivity contribution in [2.75, 3.05) is 0 Å². The van der Waals surface area contributed by atoms with Gasteiger partial charge in [0.05, 0.1) is 5.69 Å². The van der Waals surface area contributed by atoms with Gasteiger partial charge in [0.2, 0.25) is 0 Å². The monoisotopic (exact) mass is 235 g/mol. The number of nitrogens with zero attached hydrogens (tertiary/aromatic N) is 2. The van der Waals surface area contributed by atoms with Gasteiger partial charge in [-0.15, -0.1) is 0 Å². The van der Waals surface area contributed by atoms with E-state index in [-0.39, 0.29) is 6.04 Å². The summed E-state index contributed by atoms with van der Waals surface area (Å²) in [5.41, 5.74) is 9.05. The smallest absolute Gasteiger partial charge is 0.106 e. The third kappa shape index (κ3) is 2.54. The van der Waals surface area contributed by atoms with Crippen LogP contribution in [0.1, 0.15) is 50.3 Å². The minimum atomic E-state index is 0.249. The summed E-state index contributed by atoms with van der Waals surface area (Å²) < 4.78 is 2.37. The fourth-order valence-corrected chi connectivity index (χ4v) is 2.67. The average Bonchev–Trinajstić information content (AvgIpc) is 2.65. The third-order valence-electron chi connectivity index (χ3n) is 4.19. The van der Waals surface area contributed by atoms with Crippen molar-refractivity contribution in [3.05, 3.63) is 17.2 Å². The number of rotatable bonds is 4.